The van der Waals surface area contributed by atoms with Crippen molar-refractivity contribution in [2.75, 3.05) is 13.1 Å². The van der Waals surface area contributed by atoms with Crippen molar-refractivity contribution in [3.8, 4) is 0 Å². The Morgan fingerprint density at radius 3 is 2.75 bits per heavy atom. The molecule has 0 N–H and O–H groups in total. The van der Waals surface area contributed by atoms with Gasteiger partial charge in [0.15, 0.2) is 0 Å². The largest absolute Gasteiger partial charge is 0.454 e. The molecule has 24 heavy (non-hydrogen) atoms. The summed E-state index contributed by atoms with van der Waals surface area (Å²) in [5.41, 5.74) is 0.667. The molecule has 0 saturated carbocycles. The molecule has 0 unspecified atom stereocenters. The van der Waals surface area contributed by atoms with Gasteiger partial charge in [0.2, 0.25) is 0 Å². The Kier molecular flexibility index (Phi) is 4.94. The van der Waals surface area contributed by atoms with Gasteiger partial charge in [0.25, 0.3) is 0 Å². The van der Waals surface area contributed by atoms with E-state index in [1.54, 1.807) is 0 Å². The van der Waals surface area contributed by atoms with E-state index in [2.05, 4.69) is 31.7 Å². The maximum absolute atomic E-state index is 12.2. The summed E-state index contributed by atoms with van der Waals surface area (Å²) >= 11 is 6.25. The number of hydrogen-bond donors (Lipinski definition) is 0. The maximum atomic E-state index is 12.2. The van der Waals surface area contributed by atoms with Crippen molar-refractivity contribution in [3.05, 3.63) is 34.9 Å². The molecule has 0 amide bonds. The fourth-order valence-electron chi connectivity index (χ4n) is 4.25. The Bertz CT molecular complexity index is 610. The molecule has 1 aromatic carbocycles. The van der Waals surface area contributed by atoms with Crippen molar-refractivity contribution in [1.29, 1.82) is 0 Å². The van der Waals surface area contributed by atoms with Gasteiger partial charge in [-0.3, -0.25) is 9.69 Å². The van der Waals surface area contributed by atoms with Gasteiger partial charge in [0, 0.05) is 29.4 Å². The zero-order valence-corrected chi connectivity index (χ0v) is 15.7. The van der Waals surface area contributed by atoms with Crippen LogP contribution in [0, 0.1) is 5.92 Å². The zero-order valence-electron chi connectivity index (χ0n) is 15.0. The number of ether oxygens (including phenoxy) is 1. The van der Waals surface area contributed by atoms with Crippen LogP contribution in [0.1, 0.15) is 58.4 Å². The number of piperidine rings is 1. The number of cyclic esters (lactones) is 1. The van der Waals surface area contributed by atoms with Gasteiger partial charge in [-0.1, -0.05) is 23.7 Å². The van der Waals surface area contributed by atoms with Crippen molar-refractivity contribution >= 4 is 17.6 Å². The van der Waals surface area contributed by atoms with Crippen molar-refractivity contribution < 1.29 is 9.53 Å². The first-order chi connectivity index (χ1) is 11.3. The second-order valence-electron chi connectivity index (χ2n) is 8.18. The summed E-state index contributed by atoms with van der Waals surface area (Å²) in [5.74, 6) is 0.238. The Morgan fingerprint density at radius 1 is 1.29 bits per heavy atom. The second kappa shape index (κ2) is 6.68. The summed E-state index contributed by atoms with van der Waals surface area (Å²) < 4.78 is 6.09. The van der Waals surface area contributed by atoms with E-state index in [4.69, 9.17) is 16.3 Å². The molecule has 0 radical (unpaired) electrons. The van der Waals surface area contributed by atoms with Crippen molar-refractivity contribution in [3.63, 3.8) is 0 Å². The van der Waals surface area contributed by atoms with Crippen LogP contribution in [0.3, 0.4) is 0 Å². The highest BCUT2D eigenvalue weighted by atomic mass is 35.5. The summed E-state index contributed by atoms with van der Waals surface area (Å²) in [6.07, 6.45) is 4.53. The molecule has 2 aliphatic rings. The van der Waals surface area contributed by atoms with Crippen molar-refractivity contribution in [2.45, 2.75) is 64.0 Å². The van der Waals surface area contributed by atoms with Gasteiger partial charge < -0.3 is 4.74 Å². The lowest BCUT2D eigenvalue weighted by Crippen LogP contribution is -2.54. The Morgan fingerprint density at radius 2 is 2.08 bits per heavy atom. The number of carbonyl (C=O) groups is 1. The number of likely N-dealkylation sites (tertiary alicyclic amines) is 1. The average Bonchev–Trinajstić information content (AvgIpc) is 2.54. The first-order valence-corrected chi connectivity index (χ1v) is 9.42. The van der Waals surface area contributed by atoms with Crippen LogP contribution in [0.5, 0.6) is 0 Å². The normalized spacial score (nSPS) is 29.3. The van der Waals surface area contributed by atoms with Crippen molar-refractivity contribution in [2.24, 2.45) is 5.92 Å². The molecule has 3 nitrogen and oxygen atoms in total. The summed E-state index contributed by atoms with van der Waals surface area (Å²) in [7, 11) is 0. The lowest BCUT2D eigenvalue weighted by Gasteiger charge is -2.49. The van der Waals surface area contributed by atoms with E-state index < -0.39 is 5.60 Å². The smallest absolute Gasteiger partial charge is 0.306 e. The minimum absolute atomic E-state index is 0.0749. The molecule has 0 spiro atoms. The third-order valence-corrected chi connectivity index (χ3v) is 5.80. The molecule has 2 fully saturated rings. The first-order valence-electron chi connectivity index (χ1n) is 9.04. The number of carbonyl (C=O) groups excluding carboxylic acids is 1. The van der Waals surface area contributed by atoms with Crippen LogP contribution in [-0.2, 0) is 15.1 Å². The molecule has 0 aromatic heterocycles. The molecule has 2 atom stereocenters. The van der Waals surface area contributed by atoms with E-state index in [1.165, 1.54) is 0 Å². The molecule has 0 aliphatic carbocycles. The van der Waals surface area contributed by atoms with Gasteiger partial charge >= 0.3 is 5.97 Å². The van der Waals surface area contributed by atoms with Crippen LogP contribution in [0.25, 0.3) is 0 Å². The van der Waals surface area contributed by atoms with E-state index in [1.807, 2.05) is 18.2 Å². The number of hydrogen-bond acceptors (Lipinski definition) is 3. The van der Waals surface area contributed by atoms with E-state index in [0.717, 1.165) is 44.3 Å². The molecule has 132 valence electrons. The molecule has 2 heterocycles. The third-order valence-electron chi connectivity index (χ3n) is 5.57. The predicted octanol–water partition coefficient (Wildman–Crippen LogP) is 4.77. The quantitative estimate of drug-likeness (QED) is 0.720. The lowest BCUT2D eigenvalue weighted by molar-refractivity contribution is -0.182. The van der Waals surface area contributed by atoms with Gasteiger partial charge in [-0.05, 0) is 70.7 Å². The van der Waals surface area contributed by atoms with Gasteiger partial charge in [-0.2, -0.15) is 0 Å². The van der Waals surface area contributed by atoms with Gasteiger partial charge in [0.1, 0.15) is 5.60 Å². The SMILES string of the molecule is CC(C)(C)N1CCC[C@@H]([C@]2(c3cccc(Cl)c3)CCCC(=O)O2)C1. The molecule has 1 aromatic rings. The van der Waals surface area contributed by atoms with Crippen LogP contribution in [-0.4, -0.2) is 29.5 Å². The minimum atomic E-state index is -0.524. The molecule has 0 bridgehead atoms. The lowest BCUT2D eigenvalue weighted by atomic mass is 9.72. The number of esters is 1. The molecular weight excluding hydrogens is 322 g/mol. The van der Waals surface area contributed by atoms with E-state index in [0.29, 0.717) is 17.4 Å². The predicted molar refractivity (Wildman–Crippen MR) is 97.1 cm³/mol. The molecule has 2 aliphatic heterocycles. The van der Waals surface area contributed by atoms with Crippen LogP contribution in [0.15, 0.2) is 24.3 Å². The van der Waals surface area contributed by atoms with Gasteiger partial charge in [0.05, 0.1) is 0 Å². The highest BCUT2D eigenvalue weighted by Crippen LogP contribution is 2.46. The molecule has 2 saturated heterocycles. The molecular formula is C20H28ClNO2. The Balaban J connectivity index is 1.97. The highest BCUT2D eigenvalue weighted by Gasteiger charge is 2.48. The van der Waals surface area contributed by atoms with Gasteiger partial charge in [-0.25, -0.2) is 0 Å². The minimum Gasteiger partial charge on any atom is -0.454 e. The highest BCUT2D eigenvalue weighted by molar-refractivity contribution is 6.30. The molecule has 3 rings (SSSR count). The van der Waals surface area contributed by atoms with Crippen LogP contribution >= 0.6 is 11.6 Å². The number of rotatable bonds is 2. The first kappa shape index (κ1) is 17.8. The summed E-state index contributed by atoms with van der Waals surface area (Å²) in [6.45, 7) is 8.85. The topological polar surface area (TPSA) is 29.5 Å². The second-order valence-corrected chi connectivity index (χ2v) is 8.62. The Labute approximate surface area is 150 Å². The number of benzene rings is 1. The summed E-state index contributed by atoms with van der Waals surface area (Å²) in [4.78, 5) is 14.7. The fraction of sp³-hybridized carbons (Fsp3) is 0.650. The number of halogens is 1. The van der Waals surface area contributed by atoms with E-state index >= 15 is 0 Å². The Hall–Kier alpha value is -1.06. The van der Waals surface area contributed by atoms with E-state index in [9.17, 15) is 4.79 Å². The standard InChI is InChI=1S/C20H28ClNO2/c1-19(2,3)22-12-6-8-16(14-22)20(11-5-10-18(23)24-20)15-7-4-9-17(21)13-15/h4,7,9,13,16H,5-6,8,10-12,14H2,1-3H3/t16-,20-/m1/s1. The monoisotopic (exact) mass is 349 g/mol. The van der Waals surface area contributed by atoms with Crippen LogP contribution in [0.4, 0.5) is 0 Å². The van der Waals surface area contributed by atoms with Crippen LogP contribution < -0.4 is 0 Å². The fourth-order valence-corrected chi connectivity index (χ4v) is 4.44. The van der Waals surface area contributed by atoms with Crippen LogP contribution in [0.2, 0.25) is 5.02 Å². The summed E-state index contributed by atoms with van der Waals surface area (Å²) in [6, 6.07) is 7.90. The molecule has 4 heteroatoms. The maximum Gasteiger partial charge on any atom is 0.306 e. The zero-order chi connectivity index (χ0) is 17.4. The third kappa shape index (κ3) is 3.48. The van der Waals surface area contributed by atoms with Gasteiger partial charge in [-0.15, -0.1) is 0 Å². The van der Waals surface area contributed by atoms with E-state index in [-0.39, 0.29) is 11.5 Å². The summed E-state index contributed by atoms with van der Waals surface area (Å²) in [5, 5.41) is 0.706. The average molecular weight is 350 g/mol. The van der Waals surface area contributed by atoms with Crippen molar-refractivity contribution in [1.82, 2.24) is 4.90 Å². The number of nitrogens with zero attached hydrogens (tertiary/aromatic N) is 1.